The summed E-state index contributed by atoms with van der Waals surface area (Å²) in [5.74, 6) is 2.09. The van der Waals surface area contributed by atoms with Crippen LogP contribution in [0.2, 0.25) is 0 Å². The van der Waals surface area contributed by atoms with Gasteiger partial charge < -0.3 is 0 Å². The van der Waals surface area contributed by atoms with Gasteiger partial charge in [0.15, 0.2) is 0 Å². The van der Waals surface area contributed by atoms with Gasteiger partial charge in [0.25, 0.3) is 5.82 Å². The average molecular weight is 406 g/mol. The third-order valence-corrected chi connectivity index (χ3v) is 6.65. The van der Waals surface area contributed by atoms with Gasteiger partial charge in [-0.3, -0.25) is 0 Å². The normalized spacial score (nSPS) is 13.7. The summed E-state index contributed by atoms with van der Waals surface area (Å²) >= 11 is 0. The molecule has 2 nitrogen and oxygen atoms in total. The molecule has 1 aromatic heterocycles. The second kappa shape index (κ2) is 18.0. The lowest BCUT2D eigenvalue weighted by atomic mass is 10.00. The molecule has 1 N–H and O–H groups in total. The Morgan fingerprint density at radius 3 is 1.62 bits per heavy atom. The second-order valence-electron chi connectivity index (χ2n) is 9.53. The summed E-state index contributed by atoms with van der Waals surface area (Å²) in [7, 11) is 0. The van der Waals surface area contributed by atoms with E-state index >= 15 is 0 Å². The van der Waals surface area contributed by atoms with Gasteiger partial charge >= 0.3 is 0 Å². The van der Waals surface area contributed by atoms with Gasteiger partial charge in [0.1, 0.15) is 12.4 Å². The summed E-state index contributed by atoms with van der Waals surface area (Å²) in [5.41, 5.74) is 0. The zero-order valence-electron chi connectivity index (χ0n) is 20.5. The molecule has 0 aliphatic rings. The largest absolute Gasteiger partial charge is 0.257 e. The molecule has 1 aromatic rings. The number of nitrogens with one attached hydrogen (secondary N) is 1. The zero-order valence-corrected chi connectivity index (χ0v) is 20.5. The SMILES string of the molecule is CCCCCCCCCCCCC(C)c1[nH]cc[n+]1C(C)CCCCCCCC. The first-order chi connectivity index (χ1) is 14.2. The van der Waals surface area contributed by atoms with Crippen molar-refractivity contribution in [3.8, 4) is 0 Å². The van der Waals surface area contributed by atoms with Gasteiger partial charge in [0.2, 0.25) is 0 Å². The highest BCUT2D eigenvalue weighted by Crippen LogP contribution is 2.21. The lowest BCUT2D eigenvalue weighted by Gasteiger charge is -2.14. The number of rotatable bonds is 20. The molecule has 2 atom stereocenters. The van der Waals surface area contributed by atoms with E-state index in [4.69, 9.17) is 0 Å². The van der Waals surface area contributed by atoms with Crippen molar-refractivity contribution < 1.29 is 4.57 Å². The molecule has 0 aliphatic heterocycles. The van der Waals surface area contributed by atoms with E-state index in [0.29, 0.717) is 12.0 Å². The molecule has 1 rings (SSSR count). The Balaban J connectivity index is 2.15. The predicted octanol–water partition coefficient (Wildman–Crippen LogP) is 9.03. The first-order valence-corrected chi connectivity index (χ1v) is 13.3. The van der Waals surface area contributed by atoms with Crippen LogP contribution in [0.3, 0.4) is 0 Å². The summed E-state index contributed by atoms with van der Waals surface area (Å²) in [4.78, 5) is 3.55. The smallest absolute Gasteiger partial charge is 0.247 e. The van der Waals surface area contributed by atoms with Crippen LogP contribution >= 0.6 is 0 Å². The Labute approximate surface area is 183 Å². The van der Waals surface area contributed by atoms with E-state index in [1.165, 1.54) is 121 Å². The maximum Gasteiger partial charge on any atom is 0.257 e. The number of aromatic nitrogens is 2. The summed E-state index contributed by atoms with van der Waals surface area (Å²) in [6, 6.07) is 0.623. The Hall–Kier alpha value is -0.790. The van der Waals surface area contributed by atoms with E-state index in [1.54, 1.807) is 0 Å². The van der Waals surface area contributed by atoms with Gasteiger partial charge in [-0.05, 0) is 26.2 Å². The van der Waals surface area contributed by atoms with E-state index in [1.807, 2.05) is 0 Å². The maximum atomic E-state index is 3.55. The molecule has 0 amide bonds. The standard InChI is InChI=1S/C27H52N2/c1-5-7-9-11-13-14-15-16-17-19-21-25(3)27-28-23-24-29(27)26(4)22-20-18-12-10-8-6-2/h23-26H,5-22H2,1-4H3/p+1. The Bertz CT molecular complexity index is 465. The summed E-state index contributed by atoms with van der Waals surface area (Å²) in [5, 5.41) is 0. The second-order valence-corrected chi connectivity index (χ2v) is 9.53. The van der Waals surface area contributed by atoms with Crippen LogP contribution in [-0.2, 0) is 0 Å². The van der Waals surface area contributed by atoms with Crippen molar-refractivity contribution >= 4 is 0 Å². The highest BCUT2D eigenvalue weighted by molar-refractivity contribution is 4.87. The molecule has 2 unspecified atom stereocenters. The highest BCUT2D eigenvalue weighted by Gasteiger charge is 2.22. The van der Waals surface area contributed by atoms with Gasteiger partial charge in [-0.1, -0.05) is 117 Å². The molecule has 0 fully saturated rings. The average Bonchev–Trinajstić information content (AvgIpc) is 3.22. The molecule has 29 heavy (non-hydrogen) atoms. The summed E-state index contributed by atoms with van der Waals surface area (Å²) in [6.45, 7) is 9.40. The van der Waals surface area contributed by atoms with Crippen molar-refractivity contribution in [3.63, 3.8) is 0 Å². The van der Waals surface area contributed by atoms with Crippen LogP contribution < -0.4 is 4.57 Å². The topological polar surface area (TPSA) is 19.7 Å². The van der Waals surface area contributed by atoms with Gasteiger partial charge in [-0.15, -0.1) is 0 Å². The number of H-pyrrole nitrogens is 1. The molecule has 2 heteroatoms. The number of hydrogen-bond acceptors (Lipinski definition) is 0. The highest BCUT2D eigenvalue weighted by atomic mass is 15.1. The minimum atomic E-state index is 0.623. The van der Waals surface area contributed by atoms with Crippen LogP contribution in [0, 0.1) is 0 Å². The molecule has 0 spiro atoms. The van der Waals surface area contributed by atoms with Crippen LogP contribution in [0.1, 0.15) is 161 Å². The first kappa shape index (κ1) is 26.2. The monoisotopic (exact) mass is 405 g/mol. The molecule has 0 radical (unpaired) electrons. The molecule has 170 valence electrons. The lowest BCUT2D eigenvalue weighted by molar-refractivity contribution is -0.727. The van der Waals surface area contributed by atoms with Gasteiger partial charge in [0, 0.05) is 0 Å². The quantitative estimate of drug-likeness (QED) is 0.165. The minimum absolute atomic E-state index is 0.623. The fourth-order valence-corrected chi connectivity index (χ4v) is 4.57. The molecule has 0 aromatic carbocycles. The predicted molar refractivity (Wildman–Crippen MR) is 129 cm³/mol. The van der Waals surface area contributed by atoms with Crippen LogP contribution in [0.5, 0.6) is 0 Å². The number of aromatic amines is 1. The van der Waals surface area contributed by atoms with Crippen molar-refractivity contribution in [1.82, 2.24) is 4.98 Å². The van der Waals surface area contributed by atoms with Gasteiger partial charge in [-0.2, -0.15) is 0 Å². The minimum Gasteiger partial charge on any atom is -0.247 e. The number of hydrogen-bond donors (Lipinski definition) is 1. The molecular formula is C27H53N2+. The fourth-order valence-electron chi connectivity index (χ4n) is 4.57. The van der Waals surface area contributed by atoms with Crippen molar-refractivity contribution in [1.29, 1.82) is 0 Å². The Kier molecular flexibility index (Phi) is 16.3. The van der Waals surface area contributed by atoms with E-state index in [9.17, 15) is 0 Å². The van der Waals surface area contributed by atoms with Crippen molar-refractivity contribution in [2.75, 3.05) is 0 Å². The van der Waals surface area contributed by atoms with E-state index in [-0.39, 0.29) is 0 Å². The maximum absolute atomic E-state index is 3.55. The van der Waals surface area contributed by atoms with E-state index < -0.39 is 0 Å². The summed E-state index contributed by atoms with van der Waals surface area (Å²) in [6.07, 6.45) is 29.6. The molecule has 0 saturated heterocycles. The summed E-state index contributed by atoms with van der Waals surface area (Å²) < 4.78 is 2.52. The van der Waals surface area contributed by atoms with Crippen LogP contribution in [-0.4, -0.2) is 4.98 Å². The first-order valence-electron chi connectivity index (χ1n) is 13.3. The number of nitrogens with zero attached hydrogens (tertiary/aromatic N) is 1. The third kappa shape index (κ3) is 12.5. The zero-order chi connectivity index (χ0) is 21.2. The molecule has 0 bridgehead atoms. The van der Waals surface area contributed by atoms with Crippen LogP contribution in [0.15, 0.2) is 12.4 Å². The molecular weight excluding hydrogens is 352 g/mol. The van der Waals surface area contributed by atoms with E-state index in [2.05, 4.69) is 49.6 Å². The molecule has 1 heterocycles. The van der Waals surface area contributed by atoms with Crippen molar-refractivity contribution in [2.45, 2.75) is 155 Å². The van der Waals surface area contributed by atoms with Crippen LogP contribution in [0.25, 0.3) is 0 Å². The third-order valence-electron chi connectivity index (χ3n) is 6.65. The fraction of sp³-hybridized carbons (Fsp3) is 0.889. The number of unbranched alkanes of at least 4 members (excludes halogenated alkanes) is 14. The van der Waals surface area contributed by atoms with Gasteiger partial charge in [-0.25, -0.2) is 9.55 Å². The van der Waals surface area contributed by atoms with Gasteiger partial charge in [0.05, 0.1) is 12.0 Å². The van der Waals surface area contributed by atoms with Crippen LogP contribution in [0.4, 0.5) is 0 Å². The molecule has 0 saturated carbocycles. The van der Waals surface area contributed by atoms with E-state index in [0.717, 1.165) is 0 Å². The Morgan fingerprint density at radius 2 is 1.10 bits per heavy atom. The van der Waals surface area contributed by atoms with Crippen molar-refractivity contribution in [3.05, 3.63) is 18.2 Å². The lowest BCUT2D eigenvalue weighted by Crippen LogP contribution is -2.40. The Morgan fingerprint density at radius 1 is 0.655 bits per heavy atom. The molecule has 0 aliphatic carbocycles. The van der Waals surface area contributed by atoms with Crippen molar-refractivity contribution in [2.24, 2.45) is 0 Å². The number of imidazole rings is 1.